The SMILES string of the molecule is NC(=O)COC(=O)N1CCC(COc2cccc3ccccc23)CC1. The van der Waals surface area contributed by atoms with E-state index in [0.29, 0.717) is 25.6 Å². The Kier molecular flexibility index (Phi) is 5.38. The molecule has 1 aliphatic heterocycles. The van der Waals surface area contributed by atoms with Gasteiger partial charge in [0.25, 0.3) is 5.91 Å². The van der Waals surface area contributed by atoms with E-state index < -0.39 is 12.0 Å². The zero-order chi connectivity index (χ0) is 17.6. The second kappa shape index (κ2) is 7.88. The molecule has 6 heteroatoms. The van der Waals surface area contributed by atoms with E-state index in [2.05, 4.69) is 18.2 Å². The summed E-state index contributed by atoms with van der Waals surface area (Å²) in [6, 6.07) is 14.2. The lowest BCUT2D eigenvalue weighted by molar-refractivity contribution is -0.121. The van der Waals surface area contributed by atoms with Gasteiger partial charge in [-0.2, -0.15) is 0 Å². The summed E-state index contributed by atoms with van der Waals surface area (Å²) in [4.78, 5) is 24.1. The summed E-state index contributed by atoms with van der Waals surface area (Å²) >= 11 is 0. The number of fused-ring (bicyclic) bond motifs is 1. The van der Waals surface area contributed by atoms with Gasteiger partial charge >= 0.3 is 6.09 Å². The molecular formula is C19H22N2O4. The van der Waals surface area contributed by atoms with Gasteiger partial charge in [0.15, 0.2) is 6.61 Å². The number of nitrogens with zero attached hydrogens (tertiary/aromatic N) is 1. The van der Waals surface area contributed by atoms with Crippen molar-refractivity contribution in [1.82, 2.24) is 4.90 Å². The van der Waals surface area contributed by atoms with Crippen LogP contribution >= 0.6 is 0 Å². The first kappa shape index (κ1) is 17.1. The Labute approximate surface area is 146 Å². The Morgan fingerprint density at radius 3 is 2.56 bits per heavy atom. The van der Waals surface area contributed by atoms with Gasteiger partial charge in [0.1, 0.15) is 5.75 Å². The number of benzene rings is 2. The van der Waals surface area contributed by atoms with Crippen molar-refractivity contribution in [3.05, 3.63) is 42.5 Å². The van der Waals surface area contributed by atoms with Crippen LogP contribution in [0.15, 0.2) is 42.5 Å². The van der Waals surface area contributed by atoms with Crippen LogP contribution in [0.4, 0.5) is 4.79 Å². The summed E-state index contributed by atoms with van der Waals surface area (Å²) in [5.41, 5.74) is 4.98. The van der Waals surface area contributed by atoms with Crippen molar-refractivity contribution < 1.29 is 19.1 Å². The highest BCUT2D eigenvalue weighted by atomic mass is 16.6. The van der Waals surface area contributed by atoms with Gasteiger partial charge in [0.2, 0.25) is 0 Å². The predicted molar refractivity (Wildman–Crippen MR) is 94.3 cm³/mol. The molecule has 3 rings (SSSR count). The molecule has 2 amide bonds. The maximum Gasteiger partial charge on any atom is 0.410 e. The molecule has 25 heavy (non-hydrogen) atoms. The molecule has 0 atom stereocenters. The summed E-state index contributed by atoms with van der Waals surface area (Å²) in [7, 11) is 0. The zero-order valence-electron chi connectivity index (χ0n) is 14.0. The quantitative estimate of drug-likeness (QED) is 0.905. The van der Waals surface area contributed by atoms with Crippen molar-refractivity contribution in [2.24, 2.45) is 11.7 Å². The predicted octanol–water partition coefficient (Wildman–Crippen LogP) is 2.55. The maximum absolute atomic E-state index is 11.8. The second-order valence-corrected chi connectivity index (χ2v) is 6.24. The van der Waals surface area contributed by atoms with E-state index in [1.807, 2.05) is 24.3 Å². The largest absolute Gasteiger partial charge is 0.493 e. The zero-order valence-corrected chi connectivity index (χ0v) is 14.0. The van der Waals surface area contributed by atoms with Crippen molar-refractivity contribution in [3.63, 3.8) is 0 Å². The number of likely N-dealkylation sites (tertiary alicyclic amines) is 1. The fraction of sp³-hybridized carbons (Fsp3) is 0.368. The number of carbonyl (C=O) groups is 2. The number of hydrogen-bond donors (Lipinski definition) is 1. The number of carbonyl (C=O) groups excluding carboxylic acids is 2. The first-order chi connectivity index (χ1) is 12.1. The van der Waals surface area contributed by atoms with Crippen LogP contribution in [-0.2, 0) is 9.53 Å². The first-order valence-electron chi connectivity index (χ1n) is 8.44. The van der Waals surface area contributed by atoms with Gasteiger partial charge in [-0.1, -0.05) is 36.4 Å². The van der Waals surface area contributed by atoms with Crippen LogP contribution in [0.3, 0.4) is 0 Å². The number of piperidine rings is 1. The molecule has 1 aliphatic rings. The molecule has 1 heterocycles. The van der Waals surface area contributed by atoms with Crippen LogP contribution in [0.5, 0.6) is 5.75 Å². The Hall–Kier alpha value is -2.76. The third-order valence-electron chi connectivity index (χ3n) is 4.43. The molecular weight excluding hydrogens is 320 g/mol. The average Bonchev–Trinajstić information content (AvgIpc) is 2.64. The number of amides is 2. The number of primary amides is 1. The van der Waals surface area contributed by atoms with Crippen molar-refractivity contribution in [2.75, 3.05) is 26.3 Å². The normalized spacial score (nSPS) is 15.1. The van der Waals surface area contributed by atoms with Crippen molar-refractivity contribution in [2.45, 2.75) is 12.8 Å². The topological polar surface area (TPSA) is 81.9 Å². The first-order valence-corrected chi connectivity index (χ1v) is 8.44. The molecule has 0 spiro atoms. The molecule has 0 aromatic heterocycles. The Morgan fingerprint density at radius 2 is 1.80 bits per heavy atom. The van der Waals surface area contributed by atoms with Crippen LogP contribution in [0, 0.1) is 5.92 Å². The van der Waals surface area contributed by atoms with Crippen molar-refractivity contribution in [3.8, 4) is 5.75 Å². The van der Waals surface area contributed by atoms with E-state index in [1.165, 1.54) is 0 Å². The minimum absolute atomic E-state index is 0.372. The number of hydrogen-bond acceptors (Lipinski definition) is 4. The summed E-state index contributed by atoms with van der Waals surface area (Å²) in [6.45, 7) is 1.45. The smallest absolute Gasteiger partial charge is 0.410 e. The summed E-state index contributed by atoms with van der Waals surface area (Å²) < 4.78 is 10.9. The van der Waals surface area contributed by atoms with Crippen molar-refractivity contribution in [1.29, 1.82) is 0 Å². The Balaban J connectivity index is 1.49. The summed E-state index contributed by atoms with van der Waals surface area (Å²) in [5, 5.41) is 2.27. The summed E-state index contributed by atoms with van der Waals surface area (Å²) in [6.07, 6.45) is 1.21. The van der Waals surface area contributed by atoms with E-state index in [4.69, 9.17) is 15.2 Å². The lowest BCUT2D eigenvalue weighted by Gasteiger charge is -2.31. The monoisotopic (exact) mass is 342 g/mol. The Morgan fingerprint density at radius 1 is 1.08 bits per heavy atom. The lowest BCUT2D eigenvalue weighted by Crippen LogP contribution is -2.40. The molecule has 2 N–H and O–H groups in total. The van der Waals surface area contributed by atoms with Crippen LogP contribution in [0.2, 0.25) is 0 Å². The Bertz CT molecular complexity index is 749. The van der Waals surface area contributed by atoms with Crippen LogP contribution in [0.25, 0.3) is 10.8 Å². The van der Waals surface area contributed by atoms with Crippen LogP contribution in [-0.4, -0.2) is 43.2 Å². The third-order valence-corrected chi connectivity index (χ3v) is 4.43. The third kappa shape index (κ3) is 4.41. The van der Waals surface area contributed by atoms with Gasteiger partial charge in [0, 0.05) is 18.5 Å². The van der Waals surface area contributed by atoms with Gasteiger partial charge < -0.3 is 20.1 Å². The second-order valence-electron chi connectivity index (χ2n) is 6.24. The van der Waals surface area contributed by atoms with Gasteiger partial charge in [-0.25, -0.2) is 4.79 Å². The highest BCUT2D eigenvalue weighted by molar-refractivity contribution is 5.88. The molecule has 2 aromatic rings. The van der Waals surface area contributed by atoms with Gasteiger partial charge in [0.05, 0.1) is 6.61 Å². The molecule has 0 saturated carbocycles. The minimum atomic E-state index is -0.647. The molecule has 2 aromatic carbocycles. The number of rotatable bonds is 5. The molecule has 132 valence electrons. The molecule has 6 nitrogen and oxygen atoms in total. The van der Waals surface area contributed by atoms with E-state index in [9.17, 15) is 9.59 Å². The fourth-order valence-electron chi connectivity index (χ4n) is 3.04. The number of ether oxygens (including phenoxy) is 2. The molecule has 1 fully saturated rings. The fourth-order valence-corrected chi connectivity index (χ4v) is 3.04. The van der Waals surface area contributed by atoms with Gasteiger partial charge in [-0.15, -0.1) is 0 Å². The van der Waals surface area contributed by atoms with Crippen molar-refractivity contribution >= 4 is 22.8 Å². The van der Waals surface area contributed by atoms with Crippen LogP contribution < -0.4 is 10.5 Å². The highest BCUT2D eigenvalue weighted by Gasteiger charge is 2.24. The van der Waals surface area contributed by atoms with E-state index in [-0.39, 0.29) is 6.61 Å². The lowest BCUT2D eigenvalue weighted by atomic mass is 9.98. The van der Waals surface area contributed by atoms with Gasteiger partial charge in [-0.3, -0.25) is 4.79 Å². The molecule has 0 radical (unpaired) electrons. The highest BCUT2D eigenvalue weighted by Crippen LogP contribution is 2.27. The average molecular weight is 342 g/mol. The van der Waals surface area contributed by atoms with E-state index in [0.717, 1.165) is 29.4 Å². The molecule has 0 unspecified atom stereocenters. The molecule has 0 bridgehead atoms. The van der Waals surface area contributed by atoms with Gasteiger partial charge in [-0.05, 0) is 30.2 Å². The van der Waals surface area contributed by atoms with E-state index >= 15 is 0 Å². The molecule has 1 saturated heterocycles. The maximum atomic E-state index is 11.8. The minimum Gasteiger partial charge on any atom is -0.493 e. The summed E-state index contributed by atoms with van der Waals surface area (Å²) in [5.74, 6) is 0.632. The van der Waals surface area contributed by atoms with E-state index in [1.54, 1.807) is 4.90 Å². The standard InChI is InChI=1S/C19H22N2O4/c20-18(22)13-25-19(23)21-10-8-14(9-11-21)12-24-17-7-3-5-15-4-1-2-6-16(15)17/h1-7,14H,8-13H2,(H2,20,22). The molecule has 0 aliphatic carbocycles. The number of nitrogens with two attached hydrogens (primary N) is 1. The van der Waals surface area contributed by atoms with Crippen LogP contribution in [0.1, 0.15) is 12.8 Å².